The van der Waals surface area contributed by atoms with Crippen LogP contribution >= 0.6 is 0 Å². The van der Waals surface area contributed by atoms with Crippen molar-refractivity contribution in [1.29, 1.82) is 0 Å². The van der Waals surface area contributed by atoms with Gasteiger partial charge in [-0.2, -0.15) is 0 Å². The summed E-state index contributed by atoms with van der Waals surface area (Å²) in [7, 11) is 0. The molecule has 0 saturated carbocycles. The number of allylic oxidation sites excluding steroid dienone is 9. The average molecular weight is 965 g/mol. The van der Waals surface area contributed by atoms with E-state index in [-0.39, 0.29) is 19.4 Å². The Labute approximate surface area is 406 Å². The molecule has 68 heavy (non-hydrogen) atoms. The van der Waals surface area contributed by atoms with Crippen molar-refractivity contribution in [3.8, 4) is 0 Å². The Balaban J connectivity index is 1.86. The average Bonchev–Trinajstić information content (AvgIpc) is 3.33. The largest absolute Gasteiger partial charge is 0.462 e. The van der Waals surface area contributed by atoms with Crippen LogP contribution in [-0.4, -0.2) is 142 Å². The molecular weight excluding hydrogens is 877 g/mol. The van der Waals surface area contributed by atoms with Crippen LogP contribution in [0.5, 0.6) is 0 Å². The van der Waals surface area contributed by atoms with E-state index in [2.05, 4.69) is 68.2 Å². The number of carbonyl (C=O) groups is 2. The molecule has 390 valence electrons. The smallest absolute Gasteiger partial charge is 0.306 e. The van der Waals surface area contributed by atoms with Gasteiger partial charge < -0.3 is 64.2 Å². The Morgan fingerprint density at radius 1 is 0.515 bits per heavy atom. The molecule has 7 N–H and O–H groups in total. The molecule has 0 aromatic carbocycles. The van der Waals surface area contributed by atoms with Crippen molar-refractivity contribution in [3.63, 3.8) is 0 Å². The topological polar surface area (TPSA) is 231 Å². The van der Waals surface area contributed by atoms with Gasteiger partial charge in [-0.05, 0) is 89.2 Å². The summed E-state index contributed by atoms with van der Waals surface area (Å²) in [6.07, 6.45) is 26.0. The van der Waals surface area contributed by atoms with Gasteiger partial charge in [0.05, 0.1) is 19.8 Å². The highest BCUT2D eigenvalue weighted by atomic mass is 16.7. The highest BCUT2D eigenvalue weighted by molar-refractivity contribution is 5.70. The van der Waals surface area contributed by atoms with Crippen LogP contribution < -0.4 is 0 Å². The lowest BCUT2D eigenvalue weighted by Gasteiger charge is -2.42. The fraction of sp³-hybridized carbons (Fsp3) is 0.755. The Hall–Kier alpha value is -3.02. The van der Waals surface area contributed by atoms with Gasteiger partial charge in [-0.15, -0.1) is 5.73 Å². The van der Waals surface area contributed by atoms with Crippen molar-refractivity contribution in [2.75, 3.05) is 26.4 Å². The standard InChI is InChI=1S/C53H88O15/c1-3-5-7-9-11-13-15-17-19-20-22-24-26-28-30-32-34-36-45(56)66-41(38-63-44(55)35-33-31-29-27-25-23-21-18-16-14-12-10-8-6-4-2)39-64-52-51(62)49(60)47(58)43(68-52)40-65-53-50(61)48(59)46(57)42(37-54)67-53/h11,13,16-17,19,21-22,24,28,30,41-43,46-54,57-62H,3-10,12,14-15,20,23,25-27,29,31-40H2,1-2H3/b13-11+,19-17+,24-22+,30-28+/t18?,41-,42+,43+,46-,47-,48?,49?,50?,51?,52+,53+/m1/s1. The van der Waals surface area contributed by atoms with Crippen LogP contribution in [0, 0.1) is 0 Å². The summed E-state index contributed by atoms with van der Waals surface area (Å²) in [4.78, 5) is 25.7. The zero-order chi connectivity index (χ0) is 49.6. The fourth-order valence-electron chi connectivity index (χ4n) is 7.48. The van der Waals surface area contributed by atoms with E-state index < -0.39 is 99.3 Å². The molecular formula is C53H88O15. The molecule has 2 rings (SSSR count). The summed E-state index contributed by atoms with van der Waals surface area (Å²) in [5, 5.41) is 72.0. The number of carbonyl (C=O) groups excluding carboxylic acids is 2. The molecule has 2 fully saturated rings. The van der Waals surface area contributed by atoms with Gasteiger partial charge in [-0.3, -0.25) is 9.59 Å². The first-order valence-corrected chi connectivity index (χ1v) is 25.6. The van der Waals surface area contributed by atoms with E-state index in [9.17, 15) is 45.3 Å². The molecule has 11 atom stereocenters. The number of hydrogen-bond donors (Lipinski definition) is 7. The number of hydrogen-bond acceptors (Lipinski definition) is 15. The first kappa shape index (κ1) is 61.1. The van der Waals surface area contributed by atoms with Crippen LogP contribution in [0.25, 0.3) is 0 Å². The molecule has 0 aliphatic carbocycles. The van der Waals surface area contributed by atoms with Crippen molar-refractivity contribution in [1.82, 2.24) is 0 Å². The zero-order valence-electron chi connectivity index (χ0n) is 41.1. The van der Waals surface area contributed by atoms with Gasteiger partial charge in [0.25, 0.3) is 0 Å². The first-order chi connectivity index (χ1) is 33.0. The first-order valence-electron chi connectivity index (χ1n) is 25.6. The third-order valence-corrected chi connectivity index (χ3v) is 11.7. The normalized spacial score (nSPS) is 25.9. The summed E-state index contributed by atoms with van der Waals surface area (Å²) in [5.41, 5.74) is 3.28. The second-order valence-electron chi connectivity index (χ2n) is 17.7. The SMILES string of the molecule is CCCCC/C=C/C/C=C/C/C=C/C/C=C/CCCC(=O)O[C@H](COC(=O)CCCCCCCC=C=CCCCCCCC)CO[C@H]1O[C@@H](CO[C@H]2O[C@@H](CO)[C@@H](O)C(O)C2O)[C@@H](O)C(O)C1O. The van der Waals surface area contributed by atoms with Gasteiger partial charge >= 0.3 is 11.9 Å². The second-order valence-corrected chi connectivity index (χ2v) is 17.7. The molecule has 4 unspecified atom stereocenters. The summed E-state index contributed by atoms with van der Waals surface area (Å²) in [6, 6.07) is 0. The number of ether oxygens (including phenoxy) is 6. The van der Waals surface area contributed by atoms with E-state index in [1.165, 1.54) is 51.4 Å². The monoisotopic (exact) mass is 965 g/mol. The predicted molar refractivity (Wildman–Crippen MR) is 260 cm³/mol. The lowest BCUT2D eigenvalue weighted by atomic mass is 9.98. The molecule has 0 spiro atoms. The fourth-order valence-corrected chi connectivity index (χ4v) is 7.48. The Morgan fingerprint density at radius 2 is 0.985 bits per heavy atom. The summed E-state index contributed by atoms with van der Waals surface area (Å²) in [6.45, 7) is 2.45. The number of rotatable bonds is 38. The predicted octanol–water partition coefficient (Wildman–Crippen LogP) is 7.03. The van der Waals surface area contributed by atoms with Crippen LogP contribution in [0.2, 0.25) is 0 Å². The molecule has 0 radical (unpaired) electrons. The van der Waals surface area contributed by atoms with Gasteiger partial charge in [-0.25, -0.2) is 0 Å². The van der Waals surface area contributed by atoms with Gasteiger partial charge in [0, 0.05) is 12.8 Å². The number of aliphatic hydroxyl groups excluding tert-OH is 7. The molecule has 0 aromatic rings. The molecule has 0 aromatic heterocycles. The van der Waals surface area contributed by atoms with E-state index in [1.807, 2.05) is 12.2 Å². The summed E-state index contributed by atoms with van der Waals surface area (Å²) in [5.74, 6) is -1.02. The van der Waals surface area contributed by atoms with Crippen LogP contribution in [0.3, 0.4) is 0 Å². The minimum atomic E-state index is -1.78. The van der Waals surface area contributed by atoms with E-state index in [0.717, 1.165) is 64.2 Å². The summed E-state index contributed by atoms with van der Waals surface area (Å²) < 4.78 is 33.5. The second kappa shape index (κ2) is 39.7. The molecule has 15 nitrogen and oxygen atoms in total. The lowest BCUT2D eigenvalue weighted by molar-refractivity contribution is -0.332. The molecule has 15 heteroatoms. The van der Waals surface area contributed by atoms with Gasteiger partial charge in [0.2, 0.25) is 0 Å². The van der Waals surface area contributed by atoms with E-state index >= 15 is 0 Å². The van der Waals surface area contributed by atoms with Crippen LogP contribution in [0.15, 0.2) is 66.5 Å². The Morgan fingerprint density at radius 3 is 1.59 bits per heavy atom. The van der Waals surface area contributed by atoms with Gasteiger partial charge in [0.1, 0.15) is 55.4 Å². The van der Waals surface area contributed by atoms with Crippen LogP contribution in [0.4, 0.5) is 0 Å². The highest BCUT2D eigenvalue weighted by Crippen LogP contribution is 2.26. The Bertz CT molecular complexity index is 1470. The van der Waals surface area contributed by atoms with Crippen LogP contribution in [-0.2, 0) is 38.0 Å². The molecule has 0 amide bonds. The number of aliphatic hydroxyl groups is 7. The minimum Gasteiger partial charge on any atom is -0.462 e. The maximum absolute atomic E-state index is 13.0. The molecule has 0 bridgehead atoms. The third-order valence-electron chi connectivity index (χ3n) is 11.7. The zero-order valence-corrected chi connectivity index (χ0v) is 41.1. The van der Waals surface area contributed by atoms with Crippen molar-refractivity contribution >= 4 is 11.9 Å². The molecule has 2 saturated heterocycles. The molecule has 2 aliphatic rings. The third kappa shape index (κ3) is 27.4. The van der Waals surface area contributed by atoms with E-state index in [4.69, 9.17) is 28.4 Å². The van der Waals surface area contributed by atoms with Crippen molar-refractivity contribution in [2.24, 2.45) is 0 Å². The van der Waals surface area contributed by atoms with E-state index in [0.29, 0.717) is 19.3 Å². The minimum absolute atomic E-state index is 0.0818. The van der Waals surface area contributed by atoms with Gasteiger partial charge in [-0.1, -0.05) is 120 Å². The van der Waals surface area contributed by atoms with Gasteiger partial charge in [0.15, 0.2) is 18.7 Å². The van der Waals surface area contributed by atoms with Crippen molar-refractivity contribution < 1.29 is 73.8 Å². The quantitative estimate of drug-likeness (QED) is 0.0143. The number of esters is 2. The highest BCUT2D eigenvalue weighted by Gasteiger charge is 2.47. The molecule has 2 heterocycles. The molecule has 2 aliphatic heterocycles. The maximum Gasteiger partial charge on any atom is 0.306 e. The Kier molecular flexibility index (Phi) is 35.6. The number of unbranched alkanes of at least 4 members (excludes halogenated alkanes) is 14. The van der Waals surface area contributed by atoms with Crippen molar-refractivity contribution in [2.45, 2.75) is 229 Å². The lowest BCUT2D eigenvalue weighted by Crippen LogP contribution is -2.61. The summed E-state index contributed by atoms with van der Waals surface area (Å²) >= 11 is 0. The van der Waals surface area contributed by atoms with Crippen LogP contribution in [0.1, 0.15) is 162 Å². The van der Waals surface area contributed by atoms with Crippen molar-refractivity contribution in [3.05, 3.63) is 66.5 Å². The maximum atomic E-state index is 13.0. The van der Waals surface area contributed by atoms with E-state index in [1.54, 1.807) is 0 Å².